The fraction of sp³-hybridized carbons (Fsp3) is 0.154. The molecule has 0 radical (unpaired) electrons. The van der Waals surface area contributed by atoms with E-state index in [4.69, 9.17) is 4.98 Å². The first kappa shape index (κ1) is 21.2. The summed E-state index contributed by atoms with van der Waals surface area (Å²) in [4.78, 5) is 45.2. The van der Waals surface area contributed by atoms with Crippen LogP contribution in [0, 0.1) is 0 Å². The van der Waals surface area contributed by atoms with E-state index in [1.807, 2.05) is 36.4 Å². The van der Waals surface area contributed by atoms with Crippen LogP contribution in [-0.2, 0) is 0 Å². The van der Waals surface area contributed by atoms with Crippen molar-refractivity contribution >= 4 is 34.5 Å². The number of thioether (sulfide) groups is 1. The molecule has 6 nitrogen and oxygen atoms in total. The van der Waals surface area contributed by atoms with Crippen molar-refractivity contribution in [3.8, 4) is 5.69 Å². The summed E-state index contributed by atoms with van der Waals surface area (Å²) < 4.78 is 1.60. The average molecular weight is 456 g/mol. The normalized spacial score (nSPS) is 13.2. The Morgan fingerprint density at radius 3 is 2.12 bits per heavy atom. The number of amides is 2. The van der Waals surface area contributed by atoms with Crippen LogP contribution >= 0.6 is 11.8 Å². The molecule has 2 heterocycles. The summed E-state index contributed by atoms with van der Waals surface area (Å²) >= 11 is 1.20. The van der Waals surface area contributed by atoms with Gasteiger partial charge in [-0.15, -0.1) is 0 Å². The lowest BCUT2D eigenvalue weighted by molar-refractivity contribution is 0.0684. The summed E-state index contributed by atoms with van der Waals surface area (Å²) in [6.07, 6.45) is 0. The maximum atomic E-state index is 13.6. The number of carbonyl (C=O) groups excluding carboxylic acids is 2. The minimum atomic E-state index is -0.333. The predicted molar refractivity (Wildman–Crippen MR) is 129 cm³/mol. The van der Waals surface area contributed by atoms with Crippen LogP contribution < -0.4 is 5.56 Å². The van der Waals surface area contributed by atoms with Gasteiger partial charge in [0.05, 0.1) is 33.6 Å². The zero-order valence-electron chi connectivity index (χ0n) is 18.2. The second kappa shape index (κ2) is 8.33. The van der Waals surface area contributed by atoms with E-state index in [-0.39, 0.29) is 29.2 Å². The van der Waals surface area contributed by atoms with Crippen molar-refractivity contribution in [2.75, 3.05) is 5.88 Å². The Morgan fingerprint density at radius 1 is 0.818 bits per heavy atom. The molecule has 5 rings (SSSR count). The first-order valence-electron chi connectivity index (χ1n) is 10.7. The third-order valence-electron chi connectivity index (χ3n) is 5.75. The second-order valence-corrected chi connectivity index (χ2v) is 9.03. The van der Waals surface area contributed by atoms with Gasteiger partial charge in [-0.1, -0.05) is 68.1 Å². The molecule has 0 atom stereocenters. The van der Waals surface area contributed by atoms with Crippen molar-refractivity contribution in [2.24, 2.45) is 0 Å². The number of nitrogens with zero attached hydrogens (tertiary/aromatic N) is 3. The van der Waals surface area contributed by atoms with Crippen molar-refractivity contribution in [1.82, 2.24) is 14.5 Å². The third kappa shape index (κ3) is 3.54. The molecule has 0 saturated heterocycles. The van der Waals surface area contributed by atoms with E-state index in [0.717, 1.165) is 11.3 Å². The third-order valence-corrected chi connectivity index (χ3v) is 6.66. The molecule has 1 aliphatic rings. The summed E-state index contributed by atoms with van der Waals surface area (Å²) in [5, 5.41) is 0.949. The monoisotopic (exact) mass is 455 g/mol. The molecule has 33 heavy (non-hydrogen) atoms. The van der Waals surface area contributed by atoms with Gasteiger partial charge in [0, 0.05) is 0 Å². The van der Waals surface area contributed by atoms with Crippen LogP contribution in [0.3, 0.4) is 0 Å². The summed E-state index contributed by atoms with van der Waals surface area (Å²) in [5.74, 6) is -0.421. The molecule has 1 aromatic heterocycles. The lowest BCUT2D eigenvalue weighted by atomic mass is 10.0. The van der Waals surface area contributed by atoms with Crippen molar-refractivity contribution in [2.45, 2.75) is 24.9 Å². The van der Waals surface area contributed by atoms with Gasteiger partial charge in [0.15, 0.2) is 5.16 Å². The maximum Gasteiger partial charge on any atom is 0.266 e. The van der Waals surface area contributed by atoms with Gasteiger partial charge in [0.1, 0.15) is 0 Å². The molecule has 0 bridgehead atoms. The number of hydrogen-bond donors (Lipinski definition) is 0. The van der Waals surface area contributed by atoms with Gasteiger partial charge in [-0.25, -0.2) is 4.98 Å². The molecule has 3 aromatic carbocycles. The van der Waals surface area contributed by atoms with Gasteiger partial charge >= 0.3 is 0 Å². The molecule has 4 aromatic rings. The maximum absolute atomic E-state index is 13.6. The lowest BCUT2D eigenvalue weighted by Gasteiger charge is -2.19. The molecular formula is C26H21N3O3S. The van der Waals surface area contributed by atoms with Crippen molar-refractivity contribution in [3.63, 3.8) is 0 Å². The van der Waals surface area contributed by atoms with E-state index in [9.17, 15) is 14.4 Å². The van der Waals surface area contributed by atoms with Crippen LogP contribution in [-0.4, -0.2) is 32.1 Å². The summed E-state index contributed by atoms with van der Waals surface area (Å²) in [6.45, 7) is 4.15. The number of hydrogen-bond acceptors (Lipinski definition) is 5. The van der Waals surface area contributed by atoms with Crippen LogP contribution in [0.15, 0.2) is 82.7 Å². The topological polar surface area (TPSA) is 72.3 Å². The fourth-order valence-electron chi connectivity index (χ4n) is 4.08. The first-order chi connectivity index (χ1) is 16.0. The highest BCUT2D eigenvalue weighted by Gasteiger charge is 2.35. The van der Waals surface area contributed by atoms with Crippen LogP contribution in [0.2, 0.25) is 0 Å². The largest absolute Gasteiger partial charge is 0.269 e. The van der Waals surface area contributed by atoms with Crippen LogP contribution in [0.25, 0.3) is 16.6 Å². The van der Waals surface area contributed by atoms with Gasteiger partial charge in [-0.2, -0.15) is 0 Å². The quantitative estimate of drug-likeness (QED) is 0.244. The molecular weight excluding hydrogens is 434 g/mol. The summed E-state index contributed by atoms with van der Waals surface area (Å²) in [7, 11) is 0. The Bertz CT molecular complexity index is 1440. The van der Waals surface area contributed by atoms with Crippen LogP contribution in [0.5, 0.6) is 0 Å². The molecule has 0 fully saturated rings. The summed E-state index contributed by atoms with van der Waals surface area (Å²) in [6, 6.07) is 21.7. The minimum Gasteiger partial charge on any atom is -0.269 e. The number of benzene rings is 3. The number of fused-ring (bicyclic) bond motifs is 2. The highest BCUT2D eigenvalue weighted by atomic mass is 32.2. The van der Waals surface area contributed by atoms with Crippen molar-refractivity contribution in [1.29, 1.82) is 0 Å². The zero-order valence-corrected chi connectivity index (χ0v) is 19.0. The van der Waals surface area contributed by atoms with Gasteiger partial charge < -0.3 is 0 Å². The highest BCUT2D eigenvalue weighted by molar-refractivity contribution is 7.99. The first-order valence-corrected chi connectivity index (χ1v) is 11.6. The van der Waals surface area contributed by atoms with Gasteiger partial charge in [-0.3, -0.25) is 23.9 Å². The standard InChI is InChI=1S/C26H21N3O3S/c1-16(2)17-9-6-8-14-22(17)29-25(32)20-12-5-7-13-21(20)27-26(29)33-15-28-23(30)18-10-3-4-11-19(18)24(28)31/h3-14,16H,15H2,1-2H3. The Balaban J connectivity index is 1.61. The molecule has 0 saturated carbocycles. The van der Waals surface area contributed by atoms with E-state index in [1.54, 1.807) is 41.0 Å². The highest BCUT2D eigenvalue weighted by Crippen LogP contribution is 2.30. The molecule has 164 valence electrons. The van der Waals surface area contributed by atoms with E-state index >= 15 is 0 Å². The van der Waals surface area contributed by atoms with Crippen molar-refractivity contribution < 1.29 is 9.59 Å². The minimum absolute atomic E-state index is 0.0565. The molecule has 2 amide bonds. The Morgan fingerprint density at radius 2 is 1.42 bits per heavy atom. The molecule has 1 aliphatic heterocycles. The summed E-state index contributed by atoms with van der Waals surface area (Å²) in [5.41, 5.74) is 2.96. The SMILES string of the molecule is CC(C)c1ccccc1-n1c(SCN2C(=O)c3ccccc3C2=O)nc2ccccc2c1=O. The second-order valence-electron chi connectivity index (χ2n) is 8.12. The average Bonchev–Trinajstić information content (AvgIpc) is 3.07. The number of aromatic nitrogens is 2. The van der Waals surface area contributed by atoms with E-state index in [2.05, 4.69) is 13.8 Å². The Kier molecular flexibility index (Phi) is 5.34. The Hall–Kier alpha value is -3.71. The molecule has 0 unspecified atom stereocenters. The molecule has 0 N–H and O–H groups in total. The number of para-hydroxylation sites is 2. The smallest absolute Gasteiger partial charge is 0.266 e. The Labute approximate surface area is 194 Å². The molecule has 0 spiro atoms. The number of rotatable bonds is 5. The van der Waals surface area contributed by atoms with E-state index in [1.165, 1.54) is 16.7 Å². The van der Waals surface area contributed by atoms with E-state index < -0.39 is 0 Å². The fourth-order valence-corrected chi connectivity index (χ4v) is 5.03. The molecule has 7 heteroatoms. The number of carbonyl (C=O) groups is 2. The molecule has 0 aliphatic carbocycles. The van der Waals surface area contributed by atoms with E-state index in [0.29, 0.717) is 27.2 Å². The van der Waals surface area contributed by atoms with Crippen LogP contribution in [0.4, 0.5) is 0 Å². The van der Waals surface area contributed by atoms with Gasteiger partial charge in [0.2, 0.25) is 0 Å². The zero-order chi connectivity index (χ0) is 23.1. The number of imide groups is 1. The van der Waals surface area contributed by atoms with Gasteiger partial charge in [0.25, 0.3) is 17.4 Å². The van der Waals surface area contributed by atoms with Crippen LogP contribution in [0.1, 0.15) is 46.0 Å². The lowest BCUT2D eigenvalue weighted by Crippen LogP contribution is -2.30. The van der Waals surface area contributed by atoms with Crippen molar-refractivity contribution in [3.05, 3.63) is 99.8 Å². The predicted octanol–water partition coefficient (Wildman–Crippen LogP) is 4.85. The van der Waals surface area contributed by atoms with Gasteiger partial charge in [-0.05, 0) is 41.8 Å².